The summed E-state index contributed by atoms with van der Waals surface area (Å²) in [6.45, 7) is 5.88. The largest absolute Gasteiger partial charge is 0.422 e. The molecule has 4 aromatic carbocycles. The van der Waals surface area contributed by atoms with Gasteiger partial charge in [-0.3, -0.25) is 0 Å². The Kier molecular flexibility index (Phi) is 10.1. The smallest absolute Gasteiger partial charge is 0.344 e. The molecule has 0 fully saturated rings. The molecule has 0 radical (unpaired) electrons. The van der Waals surface area contributed by atoms with Crippen LogP contribution in [0.4, 0.5) is 5.69 Å². The molecule has 5 aromatic rings. The highest BCUT2D eigenvalue weighted by molar-refractivity contribution is 8.10. The van der Waals surface area contributed by atoms with Gasteiger partial charge in [-0.1, -0.05) is 93.1 Å². The number of nitrogens with zero attached hydrogens (tertiary/aromatic N) is 1. The average Bonchev–Trinajstić information content (AvgIpc) is 3.03. The van der Waals surface area contributed by atoms with Crippen LogP contribution in [0.5, 0.6) is 0 Å². The molecule has 1 heterocycles. The highest BCUT2D eigenvalue weighted by Gasteiger charge is 2.37. The number of hydrogen-bond acceptors (Lipinski definition) is 6. The Morgan fingerprint density at radius 1 is 0.652 bits per heavy atom. The van der Waals surface area contributed by atoms with E-state index in [1.165, 1.54) is 68.1 Å². The molecular formula is C37H39NO6S2. The summed E-state index contributed by atoms with van der Waals surface area (Å²) in [5.41, 5.74) is 3.19. The molecule has 7 nitrogen and oxygen atoms in total. The lowest BCUT2D eigenvalue weighted by atomic mass is 10.0. The summed E-state index contributed by atoms with van der Waals surface area (Å²) in [7, 11) is -9.22. The van der Waals surface area contributed by atoms with Gasteiger partial charge in [0.05, 0.1) is 21.0 Å². The third-order valence-electron chi connectivity index (χ3n) is 8.16. The number of rotatable bonds is 13. The lowest BCUT2D eigenvalue weighted by Gasteiger charge is -2.24. The van der Waals surface area contributed by atoms with Gasteiger partial charge in [-0.15, -0.1) is 0 Å². The Morgan fingerprint density at radius 2 is 1.26 bits per heavy atom. The number of hydrogen-bond donors (Lipinski definition) is 0. The van der Waals surface area contributed by atoms with Crippen LogP contribution >= 0.6 is 0 Å². The van der Waals surface area contributed by atoms with Crippen molar-refractivity contribution in [2.75, 3.05) is 3.71 Å². The van der Waals surface area contributed by atoms with Gasteiger partial charge in [-0.05, 0) is 91.9 Å². The molecule has 9 heteroatoms. The number of fused-ring (bicyclic) bond motifs is 1. The molecule has 0 saturated heterocycles. The van der Waals surface area contributed by atoms with Gasteiger partial charge in [-0.25, -0.2) is 21.6 Å². The van der Waals surface area contributed by atoms with E-state index < -0.39 is 25.7 Å². The fourth-order valence-electron chi connectivity index (χ4n) is 5.53. The Labute approximate surface area is 271 Å². The first-order chi connectivity index (χ1) is 22.0. The minimum absolute atomic E-state index is 0.103. The van der Waals surface area contributed by atoms with E-state index in [1.807, 2.05) is 32.0 Å². The Balaban J connectivity index is 1.57. The molecule has 0 bridgehead atoms. The van der Waals surface area contributed by atoms with Crippen LogP contribution in [0, 0.1) is 13.8 Å². The maximum atomic E-state index is 14.3. The average molecular weight is 658 g/mol. The summed E-state index contributed by atoms with van der Waals surface area (Å²) in [6, 6.07) is 25.6. The summed E-state index contributed by atoms with van der Waals surface area (Å²) in [6.07, 6.45) is 7.74. The number of unbranched alkanes of at least 4 members (excludes halogenated alkanes) is 5. The molecule has 0 saturated carbocycles. The minimum atomic E-state index is -4.62. The van der Waals surface area contributed by atoms with Crippen LogP contribution in [-0.4, -0.2) is 16.8 Å². The standard InChI is InChI=1S/C37H39NO6S2/c1-4-5-6-7-8-9-13-29-17-22-33(23-18-29)46(42,43)38(45(40,41)32-20-15-27(2)16-21-32)31-19-24-36-30(25-31)26-35(37(39)44-36)34-14-11-10-12-28(34)3/h10-12,14-26H,4-9,13H2,1-3H3. The van der Waals surface area contributed by atoms with Crippen LogP contribution in [0.2, 0.25) is 0 Å². The van der Waals surface area contributed by atoms with Crippen molar-refractivity contribution >= 4 is 36.7 Å². The van der Waals surface area contributed by atoms with Crippen LogP contribution in [0.1, 0.15) is 62.1 Å². The van der Waals surface area contributed by atoms with Gasteiger partial charge in [0.1, 0.15) is 5.58 Å². The predicted octanol–water partition coefficient (Wildman–Crippen LogP) is 8.56. The first-order valence-corrected chi connectivity index (χ1v) is 18.5. The molecule has 5 rings (SSSR count). The SMILES string of the molecule is CCCCCCCCc1ccc(S(=O)(=O)N(c2ccc3oc(=O)c(-c4ccccc4C)cc3c2)S(=O)(=O)c2ccc(C)cc2)cc1. The summed E-state index contributed by atoms with van der Waals surface area (Å²) in [5.74, 6) is 0. The van der Waals surface area contributed by atoms with E-state index in [-0.39, 0.29) is 21.1 Å². The minimum Gasteiger partial charge on any atom is -0.422 e. The zero-order chi connectivity index (χ0) is 32.9. The van der Waals surface area contributed by atoms with Gasteiger partial charge in [0.15, 0.2) is 0 Å². The van der Waals surface area contributed by atoms with Gasteiger partial charge in [-0.2, -0.15) is 3.71 Å². The summed E-state index contributed by atoms with van der Waals surface area (Å²) in [4.78, 5) is 12.6. The summed E-state index contributed by atoms with van der Waals surface area (Å²) < 4.78 is 63.0. The van der Waals surface area contributed by atoms with Gasteiger partial charge >= 0.3 is 5.63 Å². The van der Waals surface area contributed by atoms with Crippen LogP contribution in [0.3, 0.4) is 0 Å². The molecule has 0 aliphatic carbocycles. The van der Waals surface area contributed by atoms with Crippen molar-refractivity contribution in [3.8, 4) is 11.1 Å². The summed E-state index contributed by atoms with van der Waals surface area (Å²) >= 11 is 0. The lowest BCUT2D eigenvalue weighted by Crippen LogP contribution is -2.37. The van der Waals surface area contributed by atoms with Crippen molar-refractivity contribution in [1.82, 2.24) is 0 Å². The first kappa shape index (κ1) is 33.2. The fraction of sp³-hybridized carbons (Fsp3) is 0.270. The van der Waals surface area contributed by atoms with Crippen molar-refractivity contribution in [2.24, 2.45) is 0 Å². The molecule has 1 aromatic heterocycles. The normalized spacial score (nSPS) is 12.0. The molecule has 0 atom stereocenters. The van der Waals surface area contributed by atoms with Gasteiger partial charge in [0.25, 0.3) is 20.0 Å². The summed E-state index contributed by atoms with van der Waals surface area (Å²) in [5, 5.41) is 0.379. The van der Waals surface area contributed by atoms with Gasteiger partial charge < -0.3 is 4.42 Å². The topological polar surface area (TPSA) is 102 Å². The third kappa shape index (κ3) is 7.11. The first-order valence-electron chi connectivity index (χ1n) is 15.6. The number of sulfonamides is 2. The molecule has 240 valence electrons. The number of anilines is 1. The molecule has 0 spiro atoms. The molecule has 0 N–H and O–H groups in total. The number of benzene rings is 4. The second kappa shape index (κ2) is 14.1. The number of aryl methyl sites for hydroxylation is 3. The Hall–Kier alpha value is -4.21. The van der Waals surface area contributed by atoms with Gasteiger partial charge in [0.2, 0.25) is 0 Å². The van der Waals surface area contributed by atoms with E-state index in [2.05, 4.69) is 6.92 Å². The van der Waals surface area contributed by atoms with Crippen LogP contribution in [-0.2, 0) is 26.5 Å². The van der Waals surface area contributed by atoms with Crippen LogP contribution in [0.25, 0.3) is 22.1 Å². The van der Waals surface area contributed by atoms with Gasteiger partial charge in [0, 0.05) is 5.39 Å². The maximum Gasteiger partial charge on any atom is 0.344 e. The molecule has 0 unspecified atom stereocenters. The van der Waals surface area contributed by atoms with Crippen molar-refractivity contribution in [2.45, 2.75) is 75.5 Å². The second-order valence-electron chi connectivity index (χ2n) is 11.7. The van der Waals surface area contributed by atoms with Crippen LogP contribution < -0.4 is 9.34 Å². The molecule has 46 heavy (non-hydrogen) atoms. The zero-order valence-electron chi connectivity index (χ0n) is 26.4. The van der Waals surface area contributed by atoms with Crippen molar-refractivity contribution in [1.29, 1.82) is 0 Å². The molecule has 0 aliphatic heterocycles. The Morgan fingerprint density at radius 3 is 1.91 bits per heavy atom. The monoisotopic (exact) mass is 657 g/mol. The quantitative estimate of drug-likeness (QED) is 0.0929. The third-order valence-corrected chi connectivity index (χ3v) is 12.4. The van der Waals surface area contributed by atoms with Crippen molar-refractivity contribution in [3.63, 3.8) is 0 Å². The second-order valence-corrected chi connectivity index (χ2v) is 15.5. The van der Waals surface area contributed by atoms with E-state index in [9.17, 15) is 21.6 Å². The molecular weight excluding hydrogens is 619 g/mol. The maximum absolute atomic E-state index is 14.3. The molecule has 0 aliphatic rings. The van der Waals surface area contributed by atoms with E-state index in [1.54, 1.807) is 36.4 Å². The van der Waals surface area contributed by atoms with Crippen molar-refractivity contribution in [3.05, 3.63) is 124 Å². The fourth-order valence-corrected chi connectivity index (χ4v) is 9.21. The highest BCUT2D eigenvalue weighted by Crippen LogP contribution is 2.34. The molecule has 0 amide bonds. The van der Waals surface area contributed by atoms with E-state index in [0.717, 1.165) is 36.0 Å². The van der Waals surface area contributed by atoms with E-state index in [0.29, 0.717) is 20.2 Å². The van der Waals surface area contributed by atoms with E-state index in [4.69, 9.17) is 4.42 Å². The van der Waals surface area contributed by atoms with Crippen LogP contribution in [0.15, 0.2) is 116 Å². The van der Waals surface area contributed by atoms with E-state index >= 15 is 0 Å². The lowest BCUT2D eigenvalue weighted by molar-refractivity contribution is 0.563. The van der Waals surface area contributed by atoms with Crippen molar-refractivity contribution < 1.29 is 21.3 Å². The zero-order valence-corrected chi connectivity index (χ0v) is 28.0. The highest BCUT2D eigenvalue weighted by atomic mass is 32.3. The predicted molar refractivity (Wildman–Crippen MR) is 184 cm³/mol. The Bertz CT molecular complexity index is 2100.